The molecule has 0 unspecified atom stereocenters. The minimum Gasteiger partial charge on any atom is -0.481 e. The molecule has 0 aromatic rings. The number of carboxylic acid groups (broad SMARTS) is 1. The summed E-state index contributed by atoms with van der Waals surface area (Å²) in [7, 11) is 0. The molecule has 1 aliphatic carbocycles. The first kappa shape index (κ1) is 15.7. The first-order valence-corrected chi connectivity index (χ1v) is 7.13. The van der Waals surface area contributed by atoms with E-state index in [2.05, 4.69) is 12.2 Å². The van der Waals surface area contributed by atoms with Crippen molar-refractivity contribution < 1.29 is 14.7 Å². The predicted molar refractivity (Wildman–Crippen MR) is 74.8 cm³/mol. The third kappa shape index (κ3) is 4.37. The zero-order chi connectivity index (χ0) is 14.4. The van der Waals surface area contributed by atoms with Crippen LogP contribution in [0.5, 0.6) is 0 Å². The second-order valence-electron chi connectivity index (χ2n) is 5.52. The molecular weight excluding hydrogens is 242 g/mol. The van der Waals surface area contributed by atoms with Gasteiger partial charge in [0.05, 0.1) is 11.8 Å². The maximum atomic E-state index is 12.1. The molecule has 1 amide bonds. The van der Waals surface area contributed by atoms with E-state index in [1.807, 2.05) is 13.8 Å². The molecule has 0 aromatic heterocycles. The van der Waals surface area contributed by atoms with Gasteiger partial charge in [0.2, 0.25) is 5.91 Å². The van der Waals surface area contributed by atoms with E-state index >= 15 is 0 Å². The van der Waals surface area contributed by atoms with Gasteiger partial charge in [-0.15, -0.1) is 0 Å². The molecule has 19 heavy (non-hydrogen) atoms. The maximum Gasteiger partial charge on any atom is 0.307 e. The Kier molecular flexibility index (Phi) is 6.06. The van der Waals surface area contributed by atoms with Crippen LogP contribution in [0.4, 0.5) is 0 Å². The largest absolute Gasteiger partial charge is 0.481 e. The Bertz CT molecular complexity index is 374. The summed E-state index contributed by atoms with van der Waals surface area (Å²) in [6, 6.07) is 0. The van der Waals surface area contributed by atoms with Gasteiger partial charge in [-0.3, -0.25) is 9.59 Å². The van der Waals surface area contributed by atoms with Crippen molar-refractivity contribution >= 4 is 11.9 Å². The normalized spacial score (nSPS) is 23.3. The van der Waals surface area contributed by atoms with Crippen molar-refractivity contribution in [1.82, 2.24) is 5.32 Å². The molecule has 0 heterocycles. The van der Waals surface area contributed by atoms with Crippen LogP contribution in [0.2, 0.25) is 0 Å². The Morgan fingerprint density at radius 1 is 1.16 bits per heavy atom. The number of amides is 1. The van der Waals surface area contributed by atoms with Crippen LogP contribution in [0.3, 0.4) is 0 Å². The molecule has 0 fully saturated rings. The number of carboxylic acids is 1. The lowest BCUT2D eigenvalue weighted by atomic mass is 9.76. The average molecular weight is 267 g/mol. The molecule has 0 aliphatic heterocycles. The predicted octanol–water partition coefficient (Wildman–Crippen LogP) is 2.74. The van der Waals surface area contributed by atoms with E-state index in [1.54, 1.807) is 0 Å². The summed E-state index contributed by atoms with van der Waals surface area (Å²) >= 11 is 0. The highest BCUT2D eigenvalue weighted by Gasteiger charge is 2.36. The van der Waals surface area contributed by atoms with E-state index in [-0.39, 0.29) is 5.91 Å². The highest BCUT2D eigenvalue weighted by Crippen LogP contribution is 2.34. The second-order valence-corrected chi connectivity index (χ2v) is 5.52. The van der Waals surface area contributed by atoms with E-state index < -0.39 is 17.8 Å². The highest BCUT2D eigenvalue weighted by atomic mass is 16.4. The van der Waals surface area contributed by atoms with Gasteiger partial charge in [-0.05, 0) is 33.1 Å². The van der Waals surface area contributed by atoms with Crippen molar-refractivity contribution in [2.45, 2.75) is 52.9 Å². The molecular formula is C15H25NO3. The van der Waals surface area contributed by atoms with Crippen molar-refractivity contribution in [2.24, 2.45) is 11.8 Å². The van der Waals surface area contributed by atoms with Crippen molar-refractivity contribution in [1.29, 1.82) is 0 Å². The Morgan fingerprint density at radius 2 is 1.74 bits per heavy atom. The average Bonchev–Trinajstić information content (AvgIpc) is 2.36. The fraction of sp³-hybridized carbons (Fsp3) is 0.733. The molecule has 0 saturated heterocycles. The molecule has 0 bridgehead atoms. The van der Waals surface area contributed by atoms with Crippen molar-refractivity contribution in [3.8, 4) is 0 Å². The van der Waals surface area contributed by atoms with E-state index in [9.17, 15) is 14.7 Å². The number of hydrogen-bond acceptors (Lipinski definition) is 2. The summed E-state index contributed by atoms with van der Waals surface area (Å²) in [4.78, 5) is 23.4. The monoisotopic (exact) mass is 267 g/mol. The number of allylic oxidation sites excluding steroid dienone is 2. The van der Waals surface area contributed by atoms with Crippen LogP contribution >= 0.6 is 0 Å². The van der Waals surface area contributed by atoms with Crippen LogP contribution < -0.4 is 5.32 Å². The molecule has 108 valence electrons. The third-order valence-corrected chi connectivity index (χ3v) is 4.00. The maximum absolute atomic E-state index is 12.1. The van der Waals surface area contributed by atoms with Crippen LogP contribution in [-0.2, 0) is 9.59 Å². The minimum atomic E-state index is -0.861. The molecule has 4 heteroatoms. The number of hydrogen-bond donors (Lipinski definition) is 2. The first-order chi connectivity index (χ1) is 8.97. The van der Waals surface area contributed by atoms with Crippen molar-refractivity contribution in [3.05, 3.63) is 11.1 Å². The zero-order valence-electron chi connectivity index (χ0n) is 12.2. The van der Waals surface area contributed by atoms with Crippen LogP contribution in [0, 0.1) is 11.8 Å². The fourth-order valence-corrected chi connectivity index (χ4v) is 2.55. The van der Waals surface area contributed by atoms with Gasteiger partial charge in [0.25, 0.3) is 0 Å². The number of aliphatic carboxylic acids is 1. The van der Waals surface area contributed by atoms with Gasteiger partial charge in [0.1, 0.15) is 0 Å². The van der Waals surface area contributed by atoms with Gasteiger partial charge < -0.3 is 10.4 Å². The van der Waals surface area contributed by atoms with Crippen LogP contribution in [0.25, 0.3) is 0 Å². The van der Waals surface area contributed by atoms with Crippen LogP contribution in [0.1, 0.15) is 52.9 Å². The molecule has 1 aliphatic rings. The summed E-state index contributed by atoms with van der Waals surface area (Å²) in [5.41, 5.74) is 2.27. The Labute approximate surface area is 115 Å². The molecule has 0 spiro atoms. The lowest BCUT2D eigenvalue weighted by Crippen LogP contribution is -2.40. The topological polar surface area (TPSA) is 66.4 Å². The van der Waals surface area contributed by atoms with E-state index in [4.69, 9.17) is 0 Å². The Hall–Kier alpha value is -1.32. The fourth-order valence-electron chi connectivity index (χ4n) is 2.55. The molecule has 1 rings (SSSR count). The molecule has 4 nitrogen and oxygen atoms in total. The molecule has 0 radical (unpaired) electrons. The number of rotatable bonds is 6. The Morgan fingerprint density at radius 3 is 2.26 bits per heavy atom. The summed E-state index contributed by atoms with van der Waals surface area (Å²) < 4.78 is 0. The van der Waals surface area contributed by atoms with Crippen LogP contribution in [-0.4, -0.2) is 23.5 Å². The smallest absolute Gasteiger partial charge is 0.307 e. The minimum absolute atomic E-state index is 0.102. The molecule has 0 aromatic carbocycles. The SMILES string of the molecule is CCCCCNC(=O)[C@@H]1CC(C)=C(C)C[C@H]1C(=O)O. The molecule has 2 atom stereocenters. The number of nitrogens with one attached hydrogen (secondary N) is 1. The number of carbonyl (C=O) groups is 2. The third-order valence-electron chi connectivity index (χ3n) is 4.00. The first-order valence-electron chi connectivity index (χ1n) is 7.13. The van der Waals surface area contributed by atoms with Gasteiger partial charge in [-0.2, -0.15) is 0 Å². The van der Waals surface area contributed by atoms with Gasteiger partial charge in [-0.25, -0.2) is 0 Å². The lowest BCUT2D eigenvalue weighted by Gasteiger charge is -2.29. The summed E-state index contributed by atoms with van der Waals surface area (Å²) in [6.45, 7) is 6.71. The van der Waals surface area contributed by atoms with Gasteiger partial charge in [-0.1, -0.05) is 30.9 Å². The number of carbonyl (C=O) groups excluding carboxylic acids is 1. The Balaban J connectivity index is 2.62. The van der Waals surface area contributed by atoms with Crippen molar-refractivity contribution in [2.75, 3.05) is 6.54 Å². The van der Waals surface area contributed by atoms with E-state index in [1.165, 1.54) is 0 Å². The standard InChI is InChI=1S/C15H25NO3/c1-4-5-6-7-16-14(17)12-8-10(2)11(3)9-13(12)15(18)19/h12-13H,4-9H2,1-3H3,(H,16,17)(H,18,19)/t12-,13-/m1/s1. The van der Waals surface area contributed by atoms with Crippen LogP contribution in [0.15, 0.2) is 11.1 Å². The van der Waals surface area contributed by atoms with Crippen molar-refractivity contribution in [3.63, 3.8) is 0 Å². The van der Waals surface area contributed by atoms with Gasteiger partial charge in [0, 0.05) is 6.54 Å². The molecule has 0 saturated carbocycles. The quantitative estimate of drug-likeness (QED) is 0.574. The number of unbranched alkanes of at least 4 members (excludes halogenated alkanes) is 2. The van der Waals surface area contributed by atoms with Gasteiger partial charge >= 0.3 is 5.97 Å². The van der Waals surface area contributed by atoms with E-state index in [0.29, 0.717) is 19.4 Å². The lowest BCUT2D eigenvalue weighted by molar-refractivity contribution is -0.147. The molecule has 2 N–H and O–H groups in total. The highest BCUT2D eigenvalue weighted by molar-refractivity contribution is 5.85. The summed E-state index contributed by atoms with van der Waals surface area (Å²) in [6.07, 6.45) is 4.22. The summed E-state index contributed by atoms with van der Waals surface area (Å²) in [5.74, 6) is -1.95. The second kappa shape index (κ2) is 7.31. The van der Waals surface area contributed by atoms with Gasteiger partial charge in [0.15, 0.2) is 0 Å². The summed E-state index contributed by atoms with van der Waals surface area (Å²) in [5, 5.41) is 12.2. The zero-order valence-corrected chi connectivity index (χ0v) is 12.2. The van der Waals surface area contributed by atoms with E-state index in [0.717, 1.165) is 30.4 Å².